The lowest BCUT2D eigenvalue weighted by Crippen LogP contribution is -2.36. The molecule has 0 bridgehead atoms. The zero-order valence-corrected chi connectivity index (χ0v) is 17.6. The van der Waals surface area contributed by atoms with Gasteiger partial charge in [0.25, 0.3) is 0 Å². The molecule has 7 heteroatoms. The van der Waals surface area contributed by atoms with Gasteiger partial charge in [-0.3, -0.25) is 9.69 Å². The number of benzene rings is 1. The van der Waals surface area contributed by atoms with Crippen LogP contribution in [0.2, 0.25) is 0 Å². The van der Waals surface area contributed by atoms with E-state index in [-0.39, 0.29) is 5.91 Å². The number of hydrogen-bond donors (Lipinski definition) is 1. The summed E-state index contributed by atoms with van der Waals surface area (Å²) in [6.45, 7) is 8.25. The number of nitrogens with one attached hydrogen (secondary N) is 1. The highest BCUT2D eigenvalue weighted by atomic mass is 127. The largest absolute Gasteiger partial charge is 0.347 e. The first-order chi connectivity index (χ1) is 12.0. The third-order valence-electron chi connectivity index (χ3n) is 4.30. The van der Waals surface area contributed by atoms with Gasteiger partial charge in [-0.15, -0.1) is 11.3 Å². The molecule has 1 fully saturated rings. The van der Waals surface area contributed by atoms with Crippen molar-refractivity contribution < 1.29 is 4.79 Å². The van der Waals surface area contributed by atoms with E-state index in [2.05, 4.69) is 54.1 Å². The number of halogens is 1. The fraction of sp³-hybridized carbons (Fsp3) is 0.444. The van der Waals surface area contributed by atoms with Crippen LogP contribution >= 0.6 is 33.9 Å². The minimum absolute atomic E-state index is 0.0582. The molecule has 0 aliphatic carbocycles. The van der Waals surface area contributed by atoms with E-state index in [1.54, 1.807) is 11.3 Å². The number of aryl methyl sites for hydroxylation is 2. The van der Waals surface area contributed by atoms with Gasteiger partial charge >= 0.3 is 0 Å². The molecular formula is C18H23IN4OS. The number of carbonyl (C=O) groups is 1. The SMILES string of the molecule is Cc1csc(N2CCCN(CC(=O)Nc3ccc(I)cc3C)CC2)n1. The number of hydrogen-bond acceptors (Lipinski definition) is 5. The van der Waals surface area contributed by atoms with Crippen LogP contribution in [-0.2, 0) is 4.79 Å². The van der Waals surface area contributed by atoms with Gasteiger partial charge in [0, 0.05) is 40.8 Å². The summed E-state index contributed by atoms with van der Waals surface area (Å²) < 4.78 is 1.18. The quantitative estimate of drug-likeness (QED) is 0.695. The van der Waals surface area contributed by atoms with Crippen LogP contribution in [0.15, 0.2) is 23.6 Å². The van der Waals surface area contributed by atoms with Crippen LogP contribution in [-0.4, -0.2) is 48.5 Å². The molecule has 0 unspecified atom stereocenters. The van der Waals surface area contributed by atoms with Gasteiger partial charge in [-0.1, -0.05) is 0 Å². The predicted octanol–water partition coefficient (Wildman–Crippen LogP) is 3.52. The number of amides is 1. The van der Waals surface area contributed by atoms with Crippen molar-refractivity contribution in [3.63, 3.8) is 0 Å². The zero-order chi connectivity index (χ0) is 17.8. The van der Waals surface area contributed by atoms with Crippen molar-refractivity contribution >= 4 is 50.7 Å². The van der Waals surface area contributed by atoms with Crippen molar-refractivity contribution in [3.05, 3.63) is 38.4 Å². The fourth-order valence-corrected chi connectivity index (χ4v) is 4.47. The van der Waals surface area contributed by atoms with E-state index < -0.39 is 0 Å². The second-order valence-electron chi connectivity index (χ2n) is 6.40. The molecule has 2 heterocycles. The summed E-state index contributed by atoms with van der Waals surface area (Å²) in [6.07, 6.45) is 1.05. The summed E-state index contributed by atoms with van der Waals surface area (Å²) in [7, 11) is 0. The van der Waals surface area contributed by atoms with Crippen LogP contribution in [0.25, 0.3) is 0 Å². The van der Waals surface area contributed by atoms with Gasteiger partial charge in [-0.2, -0.15) is 0 Å². The number of carbonyl (C=O) groups excluding carboxylic acids is 1. The van der Waals surface area contributed by atoms with Crippen LogP contribution in [0.1, 0.15) is 17.7 Å². The summed E-state index contributed by atoms with van der Waals surface area (Å²) in [4.78, 5) is 21.6. The van der Waals surface area contributed by atoms with E-state index in [9.17, 15) is 4.79 Å². The van der Waals surface area contributed by atoms with Crippen molar-refractivity contribution in [2.75, 3.05) is 42.9 Å². The molecule has 3 rings (SSSR count). The van der Waals surface area contributed by atoms with Crippen LogP contribution in [0, 0.1) is 17.4 Å². The number of aromatic nitrogens is 1. The molecule has 25 heavy (non-hydrogen) atoms. The molecule has 0 spiro atoms. The molecule has 1 aliphatic rings. The molecular weight excluding hydrogens is 447 g/mol. The smallest absolute Gasteiger partial charge is 0.238 e. The Balaban J connectivity index is 1.53. The highest BCUT2D eigenvalue weighted by Gasteiger charge is 2.19. The first-order valence-electron chi connectivity index (χ1n) is 8.47. The predicted molar refractivity (Wildman–Crippen MR) is 113 cm³/mol. The van der Waals surface area contributed by atoms with Gasteiger partial charge in [-0.05, 0) is 66.6 Å². The molecule has 0 saturated carbocycles. The maximum absolute atomic E-state index is 12.4. The Morgan fingerprint density at radius 2 is 2.12 bits per heavy atom. The van der Waals surface area contributed by atoms with Gasteiger partial charge in [0.1, 0.15) is 0 Å². The number of nitrogens with zero attached hydrogens (tertiary/aromatic N) is 3. The molecule has 1 N–H and O–H groups in total. The maximum Gasteiger partial charge on any atom is 0.238 e. The lowest BCUT2D eigenvalue weighted by atomic mass is 10.2. The van der Waals surface area contributed by atoms with Crippen molar-refractivity contribution in [3.8, 4) is 0 Å². The third kappa shape index (κ3) is 5.15. The molecule has 0 radical (unpaired) electrons. The van der Waals surface area contributed by atoms with Crippen LogP contribution < -0.4 is 10.2 Å². The van der Waals surface area contributed by atoms with E-state index in [1.165, 1.54) is 3.57 Å². The standard InChI is InChI=1S/C18H23IN4OS/c1-13-10-15(19)4-5-16(13)21-17(24)11-22-6-3-7-23(9-8-22)18-20-14(2)12-25-18/h4-5,10,12H,3,6-9,11H2,1-2H3,(H,21,24). The van der Waals surface area contributed by atoms with Crippen molar-refractivity contribution in [2.24, 2.45) is 0 Å². The minimum Gasteiger partial charge on any atom is -0.347 e. The Hall–Kier alpha value is -1.19. The van der Waals surface area contributed by atoms with Gasteiger partial charge < -0.3 is 10.2 Å². The van der Waals surface area contributed by atoms with Crippen LogP contribution in [0.3, 0.4) is 0 Å². The Bertz CT molecular complexity index is 748. The summed E-state index contributed by atoms with van der Waals surface area (Å²) in [5.41, 5.74) is 3.08. The van der Waals surface area contributed by atoms with Crippen molar-refractivity contribution in [2.45, 2.75) is 20.3 Å². The molecule has 1 aromatic carbocycles. The first kappa shape index (κ1) is 18.6. The van der Waals surface area contributed by atoms with Crippen molar-refractivity contribution in [1.29, 1.82) is 0 Å². The zero-order valence-electron chi connectivity index (χ0n) is 14.6. The van der Waals surface area contributed by atoms with Crippen LogP contribution in [0.5, 0.6) is 0 Å². The lowest BCUT2D eigenvalue weighted by Gasteiger charge is -2.21. The average molecular weight is 470 g/mol. The Labute approximate surface area is 166 Å². The highest BCUT2D eigenvalue weighted by Crippen LogP contribution is 2.21. The van der Waals surface area contributed by atoms with E-state index >= 15 is 0 Å². The molecule has 1 aromatic heterocycles. The van der Waals surface area contributed by atoms with E-state index in [0.29, 0.717) is 6.54 Å². The Morgan fingerprint density at radius 1 is 1.28 bits per heavy atom. The van der Waals surface area contributed by atoms with Gasteiger partial charge in [0.2, 0.25) is 5.91 Å². The molecule has 5 nitrogen and oxygen atoms in total. The summed E-state index contributed by atoms with van der Waals surface area (Å²) in [6, 6.07) is 6.07. The maximum atomic E-state index is 12.4. The normalized spacial score (nSPS) is 15.9. The monoisotopic (exact) mass is 470 g/mol. The lowest BCUT2D eigenvalue weighted by molar-refractivity contribution is -0.117. The van der Waals surface area contributed by atoms with Gasteiger partial charge in [0.05, 0.1) is 12.2 Å². The molecule has 0 atom stereocenters. The Kier molecular flexibility index (Phi) is 6.29. The van der Waals surface area contributed by atoms with E-state index in [0.717, 1.165) is 54.7 Å². The molecule has 1 amide bonds. The molecule has 134 valence electrons. The van der Waals surface area contributed by atoms with Gasteiger partial charge in [-0.25, -0.2) is 4.98 Å². The second kappa shape index (κ2) is 8.46. The topological polar surface area (TPSA) is 48.5 Å². The third-order valence-corrected chi connectivity index (χ3v) is 5.99. The first-order valence-corrected chi connectivity index (χ1v) is 10.4. The molecule has 1 aliphatic heterocycles. The van der Waals surface area contributed by atoms with Gasteiger partial charge in [0.15, 0.2) is 5.13 Å². The van der Waals surface area contributed by atoms with E-state index in [4.69, 9.17) is 0 Å². The summed E-state index contributed by atoms with van der Waals surface area (Å²) in [5.74, 6) is 0.0582. The van der Waals surface area contributed by atoms with Crippen LogP contribution in [0.4, 0.5) is 10.8 Å². The van der Waals surface area contributed by atoms with E-state index in [1.807, 2.05) is 26.0 Å². The average Bonchev–Trinajstić information content (AvgIpc) is 2.86. The number of anilines is 2. The minimum atomic E-state index is 0.0582. The summed E-state index contributed by atoms with van der Waals surface area (Å²) in [5, 5.41) is 6.23. The fourth-order valence-electron chi connectivity index (χ4n) is 2.97. The molecule has 1 saturated heterocycles. The van der Waals surface area contributed by atoms with Crippen molar-refractivity contribution in [1.82, 2.24) is 9.88 Å². The summed E-state index contributed by atoms with van der Waals surface area (Å²) >= 11 is 3.98. The number of thiazole rings is 1. The second-order valence-corrected chi connectivity index (χ2v) is 8.48. The highest BCUT2D eigenvalue weighted by molar-refractivity contribution is 14.1. The number of rotatable bonds is 4. The Morgan fingerprint density at radius 3 is 2.84 bits per heavy atom. The molecule has 2 aromatic rings.